The van der Waals surface area contributed by atoms with Gasteiger partial charge in [-0.05, 0) is 38.7 Å². The van der Waals surface area contributed by atoms with Crippen LogP contribution in [0.4, 0.5) is 0 Å². The number of rotatable bonds is 7. The van der Waals surface area contributed by atoms with Crippen LogP contribution in [0.15, 0.2) is 29.6 Å². The first-order valence-corrected chi connectivity index (χ1v) is 7.89. The second-order valence-electron chi connectivity index (χ2n) is 5.33. The van der Waals surface area contributed by atoms with Crippen molar-refractivity contribution in [3.8, 4) is 5.75 Å². The molecule has 1 aromatic heterocycles. The fourth-order valence-electron chi connectivity index (χ4n) is 2.21. The van der Waals surface area contributed by atoms with Crippen LogP contribution < -0.4 is 10.1 Å². The molecule has 21 heavy (non-hydrogen) atoms. The zero-order valence-electron chi connectivity index (χ0n) is 13.1. The second-order valence-corrected chi connectivity index (χ2v) is 6.39. The van der Waals surface area contributed by atoms with Crippen molar-refractivity contribution < 1.29 is 4.74 Å². The molecule has 0 aliphatic heterocycles. The van der Waals surface area contributed by atoms with Gasteiger partial charge in [0.1, 0.15) is 5.75 Å². The van der Waals surface area contributed by atoms with Crippen molar-refractivity contribution in [3.63, 3.8) is 0 Å². The molecule has 4 nitrogen and oxygen atoms in total. The summed E-state index contributed by atoms with van der Waals surface area (Å²) in [5.41, 5.74) is 2.37. The number of aromatic nitrogens is 1. The highest BCUT2D eigenvalue weighted by molar-refractivity contribution is 7.09. The van der Waals surface area contributed by atoms with Crippen LogP contribution in [0, 0.1) is 6.92 Å². The van der Waals surface area contributed by atoms with Crippen LogP contribution in [0.5, 0.6) is 5.75 Å². The zero-order valence-corrected chi connectivity index (χ0v) is 13.9. The predicted molar refractivity (Wildman–Crippen MR) is 88.0 cm³/mol. The summed E-state index contributed by atoms with van der Waals surface area (Å²) < 4.78 is 5.22. The Morgan fingerprint density at radius 2 is 2.00 bits per heavy atom. The standard InChI is InChI=1S/C16H23N3OS/c1-12-18-14(11-21-12)9-17-16(10-19(2)3)13-5-7-15(20-4)8-6-13/h5-8,11,16-17H,9-10H2,1-4H3/t16-/m1/s1. The third-order valence-electron chi connectivity index (χ3n) is 3.26. The maximum atomic E-state index is 5.22. The highest BCUT2D eigenvalue weighted by Crippen LogP contribution is 2.19. The molecule has 0 amide bonds. The molecule has 1 heterocycles. The van der Waals surface area contributed by atoms with Crippen LogP contribution in [0.25, 0.3) is 0 Å². The average Bonchev–Trinajstić information content (AvgIpc) is 2.89. The topological polar surface area (TPSA) is 37.4 Å². The lowest BCUT2D eigenvalue weighted by molar-refractivity contribution is 0.339. The van der Waals surface area contributed by atoms with E-state index in [1.54, 1.807) is 18.4 Å². The number of nitrogens with zero attached hydrogens (tertiary/aromatic N) is 2. The van der Waals surface area contributed by atoms with Crippen molar-refractivity contribution in [2.24, 2.45) is 0 Å². The van der Waals surface area contributed by atoms with E-state index in [4.69, 9.17) is 4.74 Å². The molecular weight excluding hydrogens is 282 g/mol. The van der Waals surface area contributed by atoms with E-state index in [9.17, 15) is 0 Å². The molecule has 0 fully saturated rings. The summed E-state index contributed by atoms with van der Waals surface area (Å²) in [6.45, 7) is 3.76. The molecule has 0 spiro atoms. The summed E-state index contributed by atoms with van der Waals surface area (Å²) in [6.07, 6.45) is 0. The largest absolute Gasteiger partial charge is 0.497 e. The Morgan fingerprint density at radius 1 is 1.29 bits per heavy atom. The number of nitrogens with one attached hydrogen (secondary N) is 1. The number of aryl methyl sites for hydroxylation is 1. The van der Waals surface area contributed by atoms with Crippen molar-refractivity contribution in [3.05, 3.63) is 45.9 Å². The number of thiazole rings is 1. The maximum Gasteiger partial charge on any atom is 0.118 e. The van der Waals surface area contributed by atoms with Gasteiger partial charge in [0.05, 0.1) is 17.8 Å². The fraction of sp³-hybridized carbons (Fsp3) is 0.438. The monoisotopic (exact) mass is 305 g/mol. The molecule has 0 unspecified atom stereocenters. The first-order valence-electron chi connectivity index (χ1n) is 7.01. The SMILES string of the molecule is COc1ccc([C@@H](CN(C)C)NCc2csc(C)n2)cc1. The second kappa shape index (κ2) is 7.54. The number of hydrogen-bond acceptors (Lipinski definition) is 5. The van der Waals surface area contributed by atoms with Gasteiger partial charge in [-0.2, -0.15) is 0 Å². The van der Waals surface area contributed by atoms with Gasteiger partial charge in [0.15, 0.2) is 0 Å². The Labute approximate surface area is 130 Å². The van der Waals surface area contributed by atoms with Crippen LogP contribution in [-0.2, 0) is 6.54 Å². The van der Waals surface area contributed by atoms with Crippen LogP contribution in [0.2, 0.25) is 0 Å². The van der Waals surface area contributed by atoms with Gasteiger partial charge in [0, 0.05) is 24.5 Å². The number of ether oxygens (including phenoxy) is 1. The summed E-state index contributed by atoms with van der Waals surface area (Å²) in [6, 6.07) is 8.52. The minimum Gasteiger partial charge on any atom is -0.497 e. The smallest absolute Gasteiger partial charge is 0.118 e. The lowest BCUT2D eigenvalue weighted by Crippen LogP contribution is -2.31. The molecular formula is C16H23N3OS. The molecule has 0 saturated heterocycles. The zero-order chi connectivity index (χ0) is 15.2. The predicted octanol–water partition coefficient (Wildman–Crippen LogP) is 2.85. The van der Waals surface area contributed by atoms with Crippen LogP contribution in [-0.4, -0.2) is 37.6 Å². The van der Waals surface area contributed by atoms with E-state index in [0.29, 0.717) is 0 Å². The van der Waals surface area contributed by atoms with Crippen molar-refractivity contribution in [1.29, 1.82) is 0 Å². The van der Waals surface area contributed by atoms with Gasteiger partial charge in [0.2, 0.25) is 0 Å². The Balaban J connectivity index is 2.05. The minimum atomic E-state index is 0.271. The first kappa shape index (κ1) is 15.9. The Hall–Kier alpha value is -1.43. The summed E-state index contributed by atoms with van der Waals surface area (Å²) >= 11 is 1.69. The maximum absolute atomic E-state index is 5.22. The third-order valence-corrected chi connectivity index (χ3v) is 4.08. The molecule has 2 aromatic rings. The van der Waals surface area contributed by atoms with Crippen molar-refractivity contribution in [1.82, 2.24) is 15.2 Å². The Bertz CT molecular complexity index is 551. The van der Waals surface area contributed by atoms with Gasteiger partial charge in [-0.3, -0.25) is 0 Å². The number of likely N-dealkylation sites (N-methyl/N-ethyl adjacent to an activating group) is 1. The van der Waals surface area contributed by atoms with E-state index >= 15 is 0 Å². The molecule has 5 heteroatoms. The van der Waals surface area contributed by atoms with E-state index < -0.39 is 0 Å². The average molecular weight is 305 g/mol. The third kappa shape index (κ3) is 4.81. The van der Waals surface area contributed by atoms with Gasteiger partial charge < -0.3 is 15.0 Å². The van der Waals surface area contributed by atoms with E-state index in [1.807, 2.05) is 19.1 Å². The normalized spacial score (nSPS) is 12.6. The highest BCUT2D eigenvalue weighted by atomic mass is 32.1. The Kier molecular flexibility index (Phi) is 5.73. The van der Waals surface area contributed by atoms with E-state index in [2.05, 4.69) is 46.8 Å². The van der Waals surface area contributed by atoms with Crippen LogP contribution >= 0.6 is 11.3 Å². The molecule has 0 aliphatic carbocycles. The molecule has 0 bridgehead atoms. The van der Waals surface area contributed by atoms with Gasteiger partial charge in [-0.25, -0.2) is 4.98 Å². The summed E-state index contributed by atoms with van der Waals surface area (Å²) in [5, 5.41) is 6.82. The van der Waals surface area contributed by atoms with Gasteiger partial charge in [0.25, 0.3) is 0 Å². The van der Waals surface area contributed by atoms with Crippen molar-refractivity contribution in [2.75, 3.05) is 27.7 Å². The molecule has 114 valence electrons. The molecule has 0 radical (unpaired) electrons. The quantitative estimate of drug-likeness (QED) is 0.853. The van der Waals surface area contributed by atoms with E-state index in [0.717, 1.165) is 29.5 Å². The lowest BCUT2D eigenvalue weighted by atomic mass is 10.1. The van der Waals surface area contributed by atoms with Gasteiger partial charge in [-0.15, -0.1) is 11.3 Å². The molecule has 1 N–H and O–H groups in total. The number of methoxy groups -OCH3 is 1. The van der Waals surface area contributed by atoms with Gasteiger partial charge >= 0.3 is 0 Å². The minimum absolute atomic E-state index is 0.271. The molecule has 2 rings (SSSR count). The molecule has 1 atom stereocenters. The molecule has 1 aromatic carbocycles. The lowest BCUT2D eigenvalue weighted by Gasteiger charge is -2.22. The van der Waals surface area contributed by atoms with E-state index in [-0.39, 0.29) is 6.04 Å². The van der Waals surface area contributed by atoms with Crippen LogP contribution in [0.3, 0.4) is 0 Å². The Morgan fingerprint density at radius 3 is 2.52 bits per heavy atom. The first-order chi connectivity index (χ1) is 10.1. The number of hydrogen-bond donors (Lipinski definition) is 1. The summed E-state index contributed by atoms with van der Waals surface area (Å²) in [7, 11) is 5.87. The molecule has 0 saturated carbocycles. The van der Waals surface area contributed by atoms with Crippen LogP contribution in [0.1, 0.15) is 22.3 Å². The number of benzene rings is 1. The fourth-order valence-corrected chi connectivity index (χ4v) is 2.82. The van der Waals surface area contributed by atoms with Gasteiger partial charge in [-0.1, -0.05) is 12.1 Å². The highest BCUT2D eigenvalue weighted by Gasteiger charge is 2.13. The van der Waals surface area contributed by atoms with E-state index in [1.165, 1.54) is 5.56 Å². The summed E-state index contributed by atoms with van der Waals surface area (Å²) in [5.74, 6) is 0.887. The van der Waals surface area contributed by atoms with Crippen molar-refractivity contribution >= 4 is 11.3 Å². The van der Waals surface area contributed by atoms with Crippen molar-refractivity contribution in [2.45, 2.75) is 19.5 Å². The summed E-state index contributed by atoms with van der Waals surface area (Å²) in [4.78, 5) is 6.69. The molecule has 0 aliphatic rings.